The summed E-state index contributed by atoms with van der Waals surface area (Å²) in [7, 11) is 0. The summed E-state index contributed by atoms with van der Waals surface area (Å²) in [6, 6.07) is 0. The Balaban J connectivity index is 3.23. The molecule has 1 aromatic carbocycles. The van der Waals surface area contributed by atoms with Gasteiger partial charge in [0.2, 0.25) is 0 Å². The minimum Gasteiger partial charge on any atom is -0.507 e. The Morgan fingerprint density at radius 3 is 2.17 bits per heavy atom. The lowest BCUT2D eigenvalue weighted by Gasteiger charge is -2.19. The summed E-state index contributed by atoms with van der Waals surface area (Å²) in [4.78, 5) is 24.8. The molecule has 0 saturated carbocycles. The van der Waals surface area contributed by atoms with Gasteiger partial charge >= 0.3 is 0 Å². The van der Waals surface area contributed by atoms with Crippen LogP contribution in [0.25, 0.3) is 0 Å². The van der Waals surface area contributed by atoms with Crippen molar-refractivity contribution in [3.8, 4) is 17.2 Å². The zero-order valence-corrected chi connectivity index (χ0v) is 18.7. The second kappa shape index (κ2) is 10.8. The van der Waals surface area contributed by atoms with E-state index in [1.54, 1.807) is 13.8 Å². The number of carbonyl (C=O) groups excluding carboxylic acids is 2. The van der Waals surface area contributed by atoms with E-state index in [1.165, 1.54) is 12.5 Å². The van der Waals surface area contributed by atoms with Gasteiger partial charge in [0.05, 0.1) is 0 Å². The molecule has 160 valence electrons. The van der Waals surface area contributed by atoms with E-state index in [4.69, 9.17) is 4.74 Å². The first-order valence-electron chi connectivity index (χ1n) is 10.1. The van der Waals surface area contributed by atoms with Gasteiger partial charge in [-0.3, -0.25) is 9.59 Å². The molecule has 1 aromatic rings. The van der Waals surface area contributed by atoms with E-state index in [0.717, 1.165) is 18.4 Å². The van der Waals surface area contributed by atoms with Crippen LogP contribution in [0.5, 0.6) is 17.2 Å². The lowest BCUT2D eigenvalue weighted by atomic mass is 9.90. The maximum absolute atomic E-state index is 12.6. The molecule has 0 aliphatic rings. The number of Topliss-reactive ketones (excluding diaryl/α,β-unsaturated/α-hetero) is 2. The molecule has 5 nitrogen and oxygen atoms in total. The number of hydrogen-bond donors (Lipinski definition) is 2. The number of benzene rings is 1. The molecular formula is C24H34O5. The highest BCUT2D eigenvalue weighted by Crippen LogP contribution is 2.43. The van der Waals surface area contributed by atoms with Crippen LogP contribution in [0, 0.1) is 12.8 Å². The van der Waals surface area contributed by atoms with E-state index in [1.807, 2.05) is 19.9 Å². The maximum Gasteiger partial charge on any atom is 0.173 e. The van der Waals surface area contributed by atoms with Crippen LogP contribution in [0.2, 0.25) is 0 Å². The van der Waals surface area contributed by atoms with Crippen LogP contribution < -0.4 is 4.74 Å². The van der Waals surface area contributed by atoms with Crippen LogP contribution in [0.4, 0.5) is 0 Å². The molecule has 0 fully saturated rings. The average molecular weight is 403 g/mol. The average Bonchev–Trinajstić information content (AvgIpc) is 2.64. The molecule has 5 heteroatoms. The largest absolute Gasteiger partial charge is 0.507 e. The van der Waals surface area contributed by atoms with E-state index in [2.05, 4.69) is 19.9 Å². The van der Waals surface area contributed by atoms with Gasteiger partial charge in [0, 0.05) is 11.5 Å². The van der Waals surface area contributed by atoms with Crippen LogP contribution in [0.3, 0.4) is 0 Å². The van der Waals surface area contributed by atoms with Gasteiger partial charge in [-0.25, -0.2) is 0 Å². The van der Waals surface area contributed by atoms with Crippen LogP contribution >= 0.6 is 0 Å². The second-order valence-electron chi connectivity index (χ2n) is 7.81. The molecule has 0 amide bonds. The van der Waals surface area contributed by atoms with Crippen molar-refractivity contribution in [1.82, 2.24) is 0 Å². The van der Waals surface area contributed by atoms with Crippen molar-refractivity contribution in [2.45, 2.75) is 67.7 Å². The predicted molar refractivity (Wildman–Crippen MR) is 116 cm³/mol. The number of phenols is 2. The van der Waals surface area contributed by atoms with Gasteiger partial charge in [0.25, 0.3) is 0 Å². The summed E-state index contributed by atoms with van der Waals surface area (Å²) in [6.45, 7) is 12.8. The third kappa shape index (κ3) is 6.21. The molecule has 2 N–H and O–H groups in total. The highest BCUT2D eigenvalue weighted by atomic mass is 16.5. The van der Waals surface area contributed by atoms with E-state index < -0.39 is 17.3 Å². The van der Waals surface area contributed by atoms with Crippen molar-refractivity contribution in [2.24, 2.45) is 5.92 Å². The van der Waals surface area contributed by atoms with Crippen molar-refractivity contribution in [3.05, 3.63) is 40.0 Å². The fraction of sp³-hybridized carbons (Fsp3) is 0.500. The number of aromatic hydroxyl groups is 2. The first-order chi connectivity index (χ1) is 13.5. The summed E-state index contributed by atoms with van der Waals surface area (Å²) in [5.74, 6) is -1.94. The van der Waals surface area contributed by atoms with Crippen LogP contribution in [0.1, 0.15) is 87.1 Å². The van der Waals surface area contributed by atoms with Crippen LogP contribution in [-0.4, -0.2) is 28.4 Å². The monoisotopic (exact) mass is 402 g/mol. The van der Waals surface area contributed by atoms with E-state index in [-0.39, 0.29) is 40.7 Å². The maximum atomic E-state index is 12.6. The number of ether oxygens (including phenoxy) is 1. The van der Waals surface area contributed by atoms with E-state index >= 15 is 0 Å². The molecule has 1 rings (SSSR count). The van der Waals surface area contributed by atoms with Crippen molar-refractivity contribution < 1.29 is 24.5 Å². The van der Waals surface area contributed by atoms with Crippen molar-refractivity contribution in [1.29, 1.82) is 0 Å². The molecule has 0 radical (unpaired) electrons. The Morgan fingerprint density at radius 1 is 1.03 bits per heavy atom. The third-order valence-electron chi connectivity index (χ3n) is 5.04. The Hall–Kier alpha value is -2.56. The smallest absolute Gasteiger partial charge is 0.173 e. The zero-order chi connectivity index (χ0) is 22.3. The van der Waals surface area contributed by atoms with Gasteiger partial charge in [-0.05, 0) is 60.0 Å². The summed E-state index contributed by atoms with van der Waals surface area (Å²) >= 11 is 0. The minimum atomic E-state index is -0.509. The Kier molecular flexibility index (Phi) is 9.15. The zero-order valence-electron chi connectivity index (χ0n) is 18.7. The Bertz CT molecular complexity index is 826. The van der Waals surface area contributed by atoms with E-state index in [0.29, 0.717) is 6.42 Å². The molecule has 1 unspecified atom stereocenters. The Labute approximate surface area is 174 Å². The summed E-state index contributed by atoms with van der Waals surface area (Å²) in [5, 5.41) is 21.2. The van der Waals surface area contributed by atoms with Gasteiger partial charge in [-0.1, -0.05) is 31.1 Å². The first kappa shape index (κ1) is 24.5. The quantitative estimate of drug-likeness (QED) is 0.375. The SMILES string of the molecule is CCC(C)C(=O)c1c(O)c(C)c(OCC=C(C)CCC=C(C)C)c(C(C)=O)c1O. The number of allylic oxidation sites excluding steroid dienone is 3. The summed E-state index contributed by atoms with van der Waals surface area (Å²) < 4.78 is 5.77. The van der Waals surface area contributed by atoms with Gasteiger partial charge in [0.1, 0.15) is 35.0 Å². The molecule has 0 bridgehead atoms. The highest BCUT2D eigenvalue weighted by Gasteiger charge is 2.30. The number of carbonyl (C=O) groups is 2. The molecule has 0 aliphatic heterocycles. The molecule has 0 aromatic heterocycles. The van der Waals surface area contributed by atoms with Crippen molar-refractivity contribution >= 4 is 11.6 Å². The van der Waals surface area contributed by atoms with E-state index in [9.17, 15) is 19.8 Å². The summed E-state index contributed by atoms with van der Waals surface area (Å²) in [5.41, 5.74) is 2.41. The lowest BCUT2D eigenvalue weighted by molar-refractivity contribution is 0.0921. The molecule has 0 spiro atoms. The Morgan fingerprint density at radius 2 is 1.66 bits per heavy atom. The number of rotatable bonds is 10. The third-order valence-corrected chi connectivity index (χ3v) is 5.04. The van der Waals surface area contributed by atoms with Crippen molar-refractivity contribution in [2.75, 3.05) is 6.61 Å². The molecule has 29 heavy (non-hydrogen) atoms. The van der Waals surface area contributed by atoms with Gasteiger partial charge in [-0.15, -0.1) is 0 Å². The van der Waals surface area contributed by atoms with Gasteiger partial charge in [-0.2, -0.15) is 0 Å². The second-order valence-corrected chi connectivity index (χ2v) is 7.81. The highest BCUT2D eigenvalue weighted by molar-refractivity contribution is 6.09. The lowest BCUT2D eigenvalue weighted by Crippen LogP contribution is -2.14. The molecule has 0 heterocycles. The topological polar surface area (TPSA) is 83.8 Å². The molecule has 0 aliphatic carbocycles. The minimum absolute atomic E-state index is 0.0671. The molecule has 0 saturated heterocycles. The normalized spacial score (nSPS) is 12.4. The van der Waals surface area contributed by atoms with Crippen LogP contribution in [-0.2, 0) is 0 Å². The number of ketones is 2. The van der Waals surface area contributed by atoms with Crippen LogP contribution in [0.15, 0.2) is 23.3 Å². The van der Waals surface area contributed by atoms with Gasteiger partial charge in [0.15, 0.2) is 11.6 Å². The number of phenolic OH excluding ortho intramolecular Hbond substituents is 2. The molecular weight excluding hydrogens is 368 g/mol. The number of hydrogen-bond acceptors (Lipinski definition) is 5. The fourth-order valence-corrected chi connectivity index (χ4v) is 2.96. The standard InChI is InChI=1S/C24H34O5/c1-8-16(5)21(26)20-22(27)17(6)24(19(18(7)25)23(20)28)29-13-12-15(4)11-9-10-14(2)3/h10,12,16,27-28H,8-9,11,13H2,1-7H3. The predicted octanol–water partition coefficient (Wildman–Crippen LogP) is 5.91. The summed E-state index contributed by atoms with van der Waals surface area (Å²) in [6.07, 6.45) is 6.47. The fourth-order valence-electron chi connectivity index (χ4n) is 2.96. The molecule has 1 atom stereocenters. The van der Waals surface area contributed by atoms with Gasteiger partial charge < -0.3 is 14.9 Å². The first-order valence-corrected chi connectivity index (χ1v) is 10.1. The van der Waals surface area contributed by atoms with Crippen molar-refractivity contribution in [3.63, 3.8) is 0 Å².